The summed E-state index contributed by atoms with van der Waals surface area (Å²) in [6.07, 6.45) is 2.52. The molecule has 1 heterocycles. The van der Waals surface area contributed by atoms with Gasteiger partial charge in [0.2, 0.25) is 5.91 Å². The molecule has 1 saturated heterocycles. The van der Waals surface area contributed by atoms with E-state index in [2.05, 4.69) is 10.6 Å². The van der Waals surface area contributed by atoms with Crippen LogP contribution in [0.25, 0.3) is 0 Å². The van der Waals surface area contributed by atoms with Gasteiger partial charge in [0, 0.05) is 11.8 Å². The van der Waals surface area contributed by atoms with Crippen molar-refractivity contribution in [2.45, 2.75) is 36.7 Å². The highest BCUT2D eigenvalue weighted by molar-refractivity contribution is 8.00. The predicted octanol–water partition coefficient (Wildman–Crippen LogP) is -0.229. The number of carboxylic acid groups (broad SMARTS) is 1. The molecule has 2 fully saturated rings. The van der Waals surface area contributed by atoms with Gasteiger partial charge in [0.25, 0.3) is 0 Å². The van der Waals surface area contributed by atoms with Crippen LogP contribution in [0.1, 0.15) is 19.3 Å². The van der Waals surface area contributed by atoms with Crippen LogP contribution in [0.15, 0.2) is 0 Å². The van der Waals surface area contributed by atoms with Gasteiger partial charge in [-0.3, -0.25) is 14.9 Å². The summed E-state index contributed by atoms with van der Waals surface area (Å²) in [6, 6.07) is -0.132. The van der Waals surface area contributed by atoms with Crippen LogP contribution in [0, 0.1) is 0 Å². The molecule has 0 bridgehead atoms. The fourth-order valence-electron chi connectivity index (χ4n) is 1.48. The number of aliphatic carboxylic acids is 1. The average molecular weight is 230 g/mol. The molecular formula is C9H14N2O3S. The second kappa shape index (κ2) is 4.40. The molecule has 1 unspecified atom stereocenters. The van der Waals surface area contributed by atoms with Gasteiger partial charge < -0.3 is 10.4 Å². The molecule has 1 saturated carbocycles. The Balaban J connectivity index is 1.71. The van der Waals surface area contributed by atoms with Crippen molar-refractivity contribution < 1.29 is 14.7 Å². The Morgan fingerprint density at radius 2 is 2.20 bits per heavy atom. The van der Waals surface area contributed by atoms with Gasteiger partial charge in [0.1, 0.15) is 6.04 Å². The highest BCUT2D eigenvalue weighted by Crippen LogP contribution is 2.23. The number of hydrogen-bond acceptors (Lipinski definition) is 4. The van der Waals surface area contributed by atoms with E-state index >= 15 is 0 Å². The van der Waals surface area contributed by atoms with Crippen LogP contribution in [-0.4, -0.2) is 40.2 Å². The number of thioether (sulfide) groups is 1. The molecule has 0 aromatic heterocycles. The first-order chi connectivity index (χ1) is 7.15. The lowest BCUT2D eigenvalue weighted by atomic mass is 10.3. The quantitative estimate of drug-likeness (QED) is 0.622. The summed E-state index contributed by atoms with van der Waals surface area (Å²) >= 11 is 1.50. The van der Waals surface area contributed by atoms with Crippen LogP contribution >= 0.6 is 11.8 Å². The van der Waals surface area contributed by atoms with Crippen molar-refractivity contribution in [3.05, 3.63) is 0 Å². The Labute approximate surface area is 92.0 Å². The summed E-state index contributed by atoms with van der Waals surface area (Å²) < 4.78 is 0. The van der Waals surface area contributed by atoms with Crippen LogP contribution in [0.5, 0.6) is 0 Å². The van der Waals surface area contributed by atoms with Crippen molar-refractivity contribution >= 4 is 23.6 Å². The van der Waals surface area contributed by atoms with Crippen LogP contribution in [0.4, 0.5) is 0 Å². The Kier molecular flexibility index (Phi) is 3.16. The van der Waals surface area contributed by atoms with E-state index in [0.717, 1.165) is 12.8 Å². The van der Waals surface area contributed by atoms with E-state index in [1.54, 1.807) is 0 Å². The molecule has 0 aromatic rings. The van der Waals surface area contributed by atoms with E-state index in [1.807, 2.05) is 0 Å². The van der Waals surface area contributed by atoms with E-state index < -0.39 is 12.0 Å². The van der Waals surface area contributed by atoms with Crippen molar-refractivity contribution in [3.63, 3.8) is 0 Å². The van der Waals surface area contributed by atoms with Crippen molar-refractivity contribution in [2.24, 2.45) is 0 Å². The third kappa shape index (κ3) is 3.10. The van der Waals surface area contributed by atoms with Gasteiger partial charge in [0.15, 0.2) is 0 Å². The van der Waals surface area contributed by atoms with Crippen molar-refractivity contribution in [1.29, 1.82) is 0 Å². The average Bonchev–Trinajstić information content (AvgIpc) is 2.82. The molecule has 2 aliphatic rings. The van der Waals surface area contributed by atoms with Gasteiger partial charge in [-0.1, -0.05) is 0 Å². The first kappa shape index (κ1) is 10.8. The minimum atomic E-state index is -0.840. The maximum atomic E-state index is 11.4. The molecule has 1 aliphatic heterocycles. The van der Waals surface area contributed by atoms with Crippen LogP contribution in [0.3, 0.4) is 0 Å². The van der Waals surface area contributed by atoms with Crippen molar-refractivity contribution in [3.8, 4) is 0 Å². The predicted molar refractivity (Wildman–Crippen MR) is 56.6 cm³/mol. The molecule has 6 heteroatoms. The highest BCUT2D eigenvalue weighted by Gasteiger charge is 2.31. The third-order valence-electron chi connectivity index (χ3n) is 2.46. The van der Waals surface area contributed by atoms with Crippen molar-refractivity contribution in [2.75, 3.05) is 5.75 Å². The highest BCUT2D eigenvalue weighted by atomic mass is 32.2. The molecule has 0 radical (unpaired) electrons. The van der Waals surface area contributed by atoms with Gasteiger partial charge in [-0.05, 0) is 12.8 Å². The van der Waals surface area contributed by atoms with E-state index in [0.29, 0.717) is 18.2 Å². The monoisotopic (exact) mass is 230 g/mol. The van der Waals surface area contributed by atoms with Gasteiger partial charge in [-0.15, -0.1) is 11.8 Å². The summed E-state index contributed by atoms with van der Waals surface area (Å²) in [4.78, 5) is 22.1. The normalized spacial score (nSPS) is 30.1. The zero-order valence-electron chi connectivity index (χ0n) is 8.23. The molecule has 1 aliphatic carbocycles. The lowest BCUT2D eigenvalue weighted by molar-refractivity contribution is -0.138. The van der Waals surface area contributed by atoms with Crippen LogP contribution < -0.4 is 10.6 Å². The van der Waals surface area contributed by atoms with Gasteiger partial charge in [0.05, 0.1) is 11.8 Å². The summed E-state index contributed by atoms with van der Waals surface area (Å²) in [6.45, 7) is 0. The minimum Gasteiger partial charge on any atom is -0.480 e. The first-order valence-electron chi connectivity index (χ1n) is 5.05. The topological polar surface area (TPSA) is 78.4 Å². The number of amides is 1. The Bertz CT molecular complexity index is 281. The molecule has 0 aromatic carbocycles. The number of carboxylic acids is 1. The lowest BCUT2D eigenvalue weighted by Gasteiger charge is -2.10. The molecular weight excluding hydrogens is 216 g/mol. The molecule has 84 valence electrons. The lowest BCUT2D eigenvalue weighted by Crippen LogP contribution is -2.39. The Morgan fingerprint density at radius 3 is 2.73 bits per heavy atom. The van der Waals surface area contributed by atoms with E-state index in [-0.39, 0.29) is 11.3 Å². The maximum absolute atomic E-state index is 11.4. The maximum Gasteiger partial charge on any atom is 0.321 e. The van der Waals surface area contributed by atoms with E-state index in [1.165, 1.54) is 11.8 Å². The molecule has 1 amide bonds. The standard InChI is InChI=1S/C9H14N2O3S/c12-7(10-5-1-2-5)3-8-11-6(4-15-8)9(13)14/h5-6,8,11H,1-4H2,(H,10,12)(H,13,14)/t6-,8?/m0/s1. The molecule has 2 rings (SSSR count). The van der Waals surface area contributed by atoms with Crippen molar-refractivity contribution in [1.82, 2.24) is 10.6 Å². The van der Waals surface area contributed by atoms with Gasteiger partial charge in [-0.2, -0.15) is 0 Å². The fourth-order valence-corrected chi connectivity index (χ4v) is 2.67. The molecule has 15 heavy (non-hydrogen) atoms. The van der Waals surface area contributed by atoms with Gasteiger partial charge >= 0.3 is 5.97 Å². The number of carbonyl (C=O) groups is 2. The van der Waals surface area contributed by atoms with Crippen LogP contribution in [0.2, 0.25) is 0 Å². The fraction of sp³-hybridized carbons (Fsp3) is 0.778. The Hall–Kier alpha value is -0.750. The summed E-state index contributed by atoms with van der Waals surface area (Å²) in [5, 5.41) is 14.5. The number of carbonyl (C=O) groups excluding carboxylic acids is 1. The van der Waals surface area contributed by atoms with E-state index in [9.17, 15) is 9.59 Å². The summed E-state index contributed by atoms with van der Waals surface area (Å²) in [7, 11) is 0. The van der Waals surface area contributed by atoms with E-state index in [4.69, 9.17) is 5.11 Å². The Morgan fingerprint density at radius 1 is 1.47 bits per heavy atom. The summed E-state index contributed by atoms with van der Waals surface area (Å²) in [5.41, 5.74) is 0. The molecule has 3 N–H and O–H groups in total. The molecule has 5 nitrogen and oxygen atoms in total. The summed E-state index contributed by atoms with van der Waals surface area (Å²) in [5.74, 6) is -0.280. The smallest absolute Gasteiger partial charge is 0.321 e. The zero-order chi connectivity index (χ0) is 10.8. The number of hydrogen-bond donors (Lipinski definition) is 3. The van der Waals surface area contributed by atoms with Crippen LogP contribution in [-0.2, 0) is 9.59 Å². The second-order valence-electron chi connectivity index (χ2n) is 3.93. The minimum absolute atomic E-state index is 0.0218. The molecule has 2 atom stereocenters. The van der Waals surface area contributed by atoms with Gasteiger partial charge in [-0.25, -0.2) is 0 Å². The zero-order valence-corrected chi connectivity index (χ0v) is 9.05. The first-order valence-corrected chi connectivity index (χ1v) is 6.10. The molecule has 0 spiro atoms. The second-order valence-corrected chi connectivity index (χ2v) is 5.16. The third-order valence-corrected chi connectivity index (χ3v) is 3.69. The SMILES string of the molecule is O=C(CC1N[C@H](C(=O)O)CS1)NC1CC1. The largest absolute Gasteiger partial charge is 0.480 e. The number of rotatable bonds is 4. The number of nitrogens with one attached hydrogen (secondary N) is 2.